The summed E-state index contributed by atoms with van der Waals surface area (Å²) < 4.78 is 1.26. The van der Waals surface area contributed by atoms with Gasteiger partial charge in [-0.3, -0.25) is 0 Å². The summed E-state index contributed by atoms with van der Waals surface area (Å²) in [5, 5.41) is 11.9. The molecule has 0 aromatic heterocycles. The van der Waals surface area contributed by atoms with Crippen LogP contribution in [0, 0.1) is 11.1 Å². The van der Waals surface area contributed by atoms with Crippen molar-refractivity contribution in [3.8, 4) is 0 Å². The van der Waals surface area contributed by atoms with Crippen LogP contribution < -0.4 is 0 Å². The molecule has 1 aliphatic carbocycles. The lowest BCUT2D eigenvalue weighted by atomic mass is 10.0. The quantitative estimate of drug-likeness (QED) is 0.174. The minimum absolute atomic E-state index is 0.288. The summed E-state index contributed by atoms with van der Waals surface area (Å²) in [6, 6.07) is 0.288. The Morgan fingerprint density at radius 1 is 1.05 bits per heavy atom. The van der Waals surface area contributed by atoms with Gasteiger partial charge in [0.25, 0.3) is 0 Å². The van der Waals surface area contributed by atoms with Crippen molar-refractivity contribution in [2.75, 3.05) is 0 Å². The third-order valence-corrected chi connectivity index (χ3v) is 4.35. The molecule has 0 aliphatic heterocycles. The Bertz CT molecular complexity index is 244. The molecule has 19 heavy (non-hydrogen) atoms. The standard InChI is InChI=1S/C17H33NO/c1-3-4-5-6-7-8-9-12-16(2)15-18(19)17-13-10-11-14-17/h15-17H,3-14H2,1-2H3. The van der Waals surface area contributed by atoms with E-state index in [-0.39, 0.29) is 6.04 Å². The Hall–Kier alpha value is -0.530. The first-order chi connectivity index (χ1) is 9.24. The first kappa shape index (κ1) is 16.5. The highest BCUT2D eigenvalue weighted by Gasteiger charge is 2.21. The molecular formula is C17H33NO. The Balaban J connectivity index is 2.03. The van der Waals surface area contributed by atoms with Gasteiger partial charge in [-0.25, -0.2) is 4.74 Å². The van der Waals surface area contributed by atoms with Gasteiger partial charge in [0.2, 0.25) is 0 Å². The van der Waals surface area contributed by atoms with Gasteiger partial charge in [0.1, 0.15) is 0 Å². The minimum atomic E-state index is 0.288. The van der Waals surface area contributed by atoms with Crippen molar-refractivity contribution in [2.24, 2.45) is 5.92 Å². The monoisotopic (exact) mass is 267 g/mol. The van der Waals surface area contributed by atoms with Crippen LogP contribution in [-0.4, -0.2) is 17.0 Å². The van der Waals surface area contributed by atoms with Crippen molar-refractivity contribution in [3.05, 3.63) is 5.21 Å². The van der Waals surface area contributed by atoms with Gasteiger partial charge in [0.05, 0.1) is 0 Å². The molecule has 0 amide bonds. The Morgan fingerprint density at radius 3 is 2.26 bits per heavy atom. The van der Waals surface area contributed by atoms with Crippen molar-refractivity contribution < 1.29 is 4.74 Å². The van der Waals surface area contributed by atoms with E-state index in [0.717, 1.165) is 12.8 Å². The Morgan fingerprint density at radius 2 is 1.63 bits per heavy atom. The average Bonchev–Trinajstić information content (AvgIpc) is 2.91. The molecule has 1 rings (SSSR count). The zero-order valence-corrected chi connectivity index (χ0v) is 13.1. The fourth-order valence-electron chi connectivity index (χ4n) is 3.03. The maximum Gasteiger partial charge on any atom is 0.162 e. The molecule has 0 saturated heterocycles. The second-order valence-electron chi connectivity index (χ2n) is 6.33. The van der Waals surface area contributed by atoms with Crippen molar-refractivity contribution in [3.63, 3.8) is 0 Å². The molecule has 112 valence electrons. The van der Waals surface area contributed by atoms with Crippen LogP contribution in [0.15, 0.2) is 0 Å². The normalized spacial score (nSPS) is 18.9. The highest BCUT2D eigenvalue weighted by molar-refractivity contribution is 5.54. The average molecular weight is 267 g/mol. The lowest BCUT2D eigenvalue weighted by molar-refractivity contribution is -0.497. The predicted octanol–water partition coefficient (Wildman–Crippen LogP) is 5.29. The molecule has 0 bridgehead atoms. The number of unbranched alkanes of at least 4 members (excludes halogenated alkanes) is 6. The smallest absolute Gasteiger partial charge is 0.162 e. The van der Waals surface area contributed by atoms with Gasteiger partial charge in [0.15, 0.2) is 12.3 Å². The number of rotatable bonds is 10. The molecule has 1 aliphatic rings. The third-order valence-electron chi connectivity index (χ3n) is 4.35. The fourth-order valence-corrected chi connectivity index (χ4v) is 3.03. The topological polar surface area (TPSA) is 26.1 Å². The van der Waals surface area contributed by atoms with Gasteiger partial charge in [-0.05, 0) is 19.3 Å². The molecule has 0 aromatic carbocycles. The molecule has 1 saturated carbocycles. The molecule has 0 aromatic rings. The van der Waals surface area contributed by atoms with Crippen LogP contribution in [0.4, 0.5) is 0 Å². The van der Waals surface area contributed by atoms with E-state index in [4.69, 9.17) is 0 Å². The minimum Gasteiger partial charge on any atom is -0.624 e. The highest BCUT2D eigenvalue weighted by atomic mass is 16.5. The van der Waals surface area contributed by atoms with E-state index in [1.165, 1.54) is 68.9 Å². The number of nitrogens with zero attached hydrogens (tertiary/aromatic N) is 1. The van der Waals surface area contributed by atoms with Gasteiger partial charge in [-0.15, -0.1) is 0 Å². The lowest BCUT2D eigenvalue weighted by Crippen LogP contribution is -2.21. The summed E-state index contributed by atoms with van der Waals surface area (Å²) in [5.74, 6) is 0.453. The van der Waals surface area contributed by atoms with E-state index >= 15 is 0 Å². The van der Waals surface area contributed by atoms with Crippen LogP contribution in [0.3, 0.4) is 0 Å². The molecule has 0 radical (unpaired) electrons. The molecule has 0 N–H and O–H groups in total. The Labute approximate surface area is 119 Å². The molecular weight excluding hydrogens is 234 g/mol. The van der Waals surface area contributed by atoms with Crippen LogP contribution in [0.2, 0.25) is 0 Å². The van der Waals surface area contributed by atoms with Gasteiger partial charge in [0, 0.05) is 18.8 Å². The SMILES string of the molecule is CCCCCCCCCC(C)C=[N+]([O-])C1CCCC1. The summed E-state index contributed by atoms with van der Waals surface area (Å²) in [6.07, 6.45) is 17.3. The predicted molar refractivity (Wildman–Crippen MR) is 83.7 cm³/mol. The van der Waals surface area contributed by atoms with E-state index in [9.17, 15) is 5.21 Å². The summed E-state index contributed by atoms with van der Waals surface area (Å²) in [6.45, 7) is 4.45. The van der Waals surface area contributed by atoms with Gasteiger partial charge in [-0.1, -0.05) is 58.8 Å². The van der Waals surface area contributed by atoms with Gasteiger partial charge in [-0.2, -0.15) is 0 Å². The van der Waals surface area contributed by atoms with E-state index in [2.05, 4.69) is 13.8 Å². The highest BCUT2D eigenvalue weighted by Crippen LogP contribution is 2.20. The van der Waals surface area contributed by atoms with E-state index < -0.39 is 0 Å². The van der Waals surface area contributed by atoms with Crippen LogP contribution in [0.25, 0.3) is 0 Å². The van der Waals surface area contributed by atoms with Crippen molar-refractivity contribution in [1.82, 2.24) is 0 Å². The summed E-state index contributed by atoms with van der Waals surface area (Å²) in [5.41, 5.74) is 0. The molecule has 0 spiro atoms. The van der Waals surface area contributed by atoms with E-state index in [1.807, 2.05) is 6.21 Å². The maximum absolute atomic E-state index is 11.9. The lowest BCUT2D eigenvalue weighted by Gasteiger charge is -2.13. The first-order valence-electron chi connectivity index (χ1n) is 8.54. The molecule has 1 unspecified atom stereocenters. The summed E-state index contributed by atoms with van der Waals surface area (Å²) >= 11 is 0. The maximum atomic E-state index is 11.9. The van der Waals surface area contributed by atoms with Crippen LogP contribution in [-0.2, 0) is 0 Å². The molecule has 0 heterocycles. The second kappa shape index (κ2) is 10.3. The van der Waals surface area contributed by atoms with Crippen LogP contribution in [0.5, 0.6) is 0 Å². The molecule has 1 atom stereocenters. The van der Waals surface area contributed by atoms with Crippen LogP contribution >= 0.6 is 0 Å². The second-order valence-corrected chi connectivity index (χ2v) is 6.33. The molecule has 1 fully saturated rings. The fraction of sp³-hybridized carbons (Fsp3) is 0.941. The molecule has 2 nitrogen and oxygen atoms in total. The van der Waals surface area contributed by atoms with Crippen molar-refractivity contribution >= 4 is 6.21 Å². The first-order valence-corrected chi connectivity index (χ1v) is 8.54. The largest absolute Gasteiger partial charge is 0.624 e. The van der Waals surface area contributed by atoms with Crippen molar-refractivity contribution in [2.45, 2.75) is 96.9 Å². The number of hydroxylamine groups is 1. The summed E-state index contributed by atoms with van der Waals surface area (Å²) in [4.78, 5) is 0. The third kappa shape index (κ3) is 7.59. The van der Waals surface area contributed by atoms with Gasteiger partial charge >= 0.3 is 0 Å². The van der Waals surface area contributed by atoms with Crippen molar-refractivity contribution in [1.29, 1.82) is 0 Å². The van der Waals surface area contributed by atoms with Gasteiger partial charge < -0.3 is 5.21 Å². The van der Waals surface area contributed by atoms with E-state index in [0.29, 0.717) is 5.92 Å². The Kier molecular flexibility index (Phi) is 8.94. The molecule has 2 heteroatoms. The summed E-state index contributed by atoms with van der Waals surface area (Å²) in [7, 11) is 0. The zero-order chi connectivity index (χ0) is 13.9. The van der Waals surface area contributed by atoms with E-state index in [1.54, 1.807) is 0 Å². The number of hydrogen-bond acceptors (Lipinski definition) is 1. The zero-order valence-electron chi connectivity index (χ0n) is 13.1. The van der Waals surface area contributed by atoms with Crippen LogP contribution in [0.1, 0.15) is 90.9 Å². The number of hydrogen-bond donors (Lipinski definition) is 0.